The van der Waals surface area contributed by atoms with Crippen molar-refractivity contribution in [1.82, 2.24) is 9.88 Å². The maximum atomic E-state index is 13.8. The lowest BCUT2D eigenvalue weighted by Crippen LogP contribution is -2.31. The topological polar surface area (TPSA) is 33.2 Å². The lowest BCUT2D eigenvalue weighted by molar-refractivity contribution is 0.0755. The molecule has 0 spiro atoms. The monoisotopic (exact) mass is 366 g/mol. The summed E-state index contributed by atoms with van der Waals surface area (Å²) >= 11 is 5.09. The van der Waals surface area contributed by atoms with E-state index in [4.69, 9.17) is 0 Å². The number of amides is 1. The summed E-state index contributed by atoms with van der Waals surface area (Å²) in [6.45, 7) is 0.617. The van der Waals surface area contributed by atoms with Crippen molar-refractivity contribution in [3.05, 3.63) is 64.1 Å². The van der Waals surface area contributed by atoms with E-state index in [-0.39, 0.29) is 16.8 Å². The Morgan fingerprint density at radius 3 is 2.81 bits per heavy atom. The molecule has 1 unspecified atom stereocenters. The van der Waals surface area contributed by atoms with Crippen LogP contribution in [0.3, 0.4) is 0 Å². The number of rotatable bonds is 2. The molecule has 1 aromatic heterocycles. The second-order valence-electron chi connectivity index (χ2n) is 4.63. The van der Waals surface area contributed by atoms with Gasteiger partial charge in [0.25, 0.3) is 5.91 Å². The van der Waals surface area contributed by atoms with Gasteiger partial charge in [0, 0.05) is 23.0 Å². The lowest BCUT2D eigenvalue weighted by atomic mass is 10.1. The van der Waals surface area contributed by atoms with Crippen LogP contribution in [0.15, 0.2) is 47.2 Å². The van der Waals surface area contributed by atoms with Crippen LogP contribution in [0.1, 0.15) is 21.3 Å². The largest absolute Gasteiger partial charge is 0.322 e. The summed E-state index contributed by atoms with van der Waals surface area (Å²) in [7, 11) is 0. The van der Waals surface area contributed by atoms with Gasteiger partial charge in [-0.1, -0.05) is 28.1 Å². The molecule has 1 aromatic carbocycles. The van der Waals surface area contributed by atoms with Crippen molar-refractivity contribution in [2.75, 3.05) is 12.3 Å². The Morgan fingerprint density at radius 1 is 1.33 bits per heavy atom. The highest BCUT2D eigenvalue weighted by atomic mass is 79.9. The number of carbonyl (C=O) groups is 1. The van der Waals surface area contributed by atoms with Crippen LogP contribution in [-0.2, 0) is 0 Å². The van der Waals surface area contributed by atoms with Crippen LogP contribution in [0.4, 0.5) is 4.39 Å². The van der Waals surface area contributed by atoms with Crippen molar-refractivity contribution in [1.29, 1.82) is 0 Å². The van der Waals surface area contributed by atoms with E-state index in [0.29, 0.717) is 6.54 Å². The number of aromatic nitrogens is 1. The van der Waals surface area contributed by atoms with E-state index in [0.717, 1.165) is 22.0 Å². The van der Waals surface area contributed by atoms with E-state index in [1.165, 1.54) is 12.3 Å². The highest BCUT2D eigenvalue weighted by Crippen LogP contribution is 2.39. The zero-order valence-electron chi connectivity index (χ0n) is 11.0. The van der Waals surface area contributed by atoms with Gasteiger partial charge in [-0.05, 0) is 23.8 Å². The van der Waals surface area contributed by atoms with Gasteiger partial charge in [0.15, 0.2) is 5.82 Å². The average Bonchev–Trinajstić information content (AvgIpc) is 2.97. The third kappa shape index (κ3) is 2.96. The van der Waals surface area contributed by atoms with Gasteiger partial charge >= 0.3 is 0 Å². The highest BCUT2D eigenvalue weighted by molar-refractivity contribution is 9.10. The number of hydrogen-bond donors (Lipinski definition) is 0. The van der Waals surface area contributed by atoms with Gasteiger partial charge in [0.1, 0.15) is 5.37 Å². The fraction of sp³-hybridized carbons (Fsp3) is 0.200. The Bertz CT molecular complexity index is 665. The Kier molecular flexibility index (Phi) is 4.26. The molecule has 0 radical (unpaired) electrons. The first kappa shape index (κ1) is 14.5. The summed E-state index contributed by atoms with van der Waals surface area (Å²) in [5, 5.41) is -0.0711. The molecule has 21 heavy (non-hydrogen) atoms. The minimum atomic E-state index is -0.575. The molecule has 0 bridgehead atoms. The van der Waals surface area contributed by atoms with Gasteiger partial charge in [-0.25, -0.2) is 4.39 Å². The van der Waals surface area contributed by atoms with E-state index in [2.05, 4.69) is 20.9 Å². The second-order valence-corrected chi connectivity index (χ2v) is 6.73. The van der Waals surface area contributed by atoms with Gasteiger partial charge in [0.05, 0.1) is 11.8 Å². The molecule has 1 fully saturated rings. The Morgan fingerprint density at radius 2 is 2.10 bits per heavy atom. The molecule has 1 atom stereocenters. The van der Waals surface area contributed by atoms with Crippen molar-refractivity contribution in [2.24, 2.45) is 0 Å². The summed E-state index contributed by atoms with van der Waals surface area (Å²) < 4.78 is 14.7. The number of thioether (sulfide) groups is 1. The number of nitrogens with zero attached hydrogens (tertiary/aromatic N) is 2. The molecular weight excluding hydrogens is 355 g/mol. The van der Waals surface area contributed by atoms with Crippen LogP contribution in [0.2, 0.25) is 0 Å². The molecule has 3 nitrogen and oxygen atoms in total. The van der Waals surface area contributed by atoms with Crippen molar-refractivity contribution in [2.45, 2.75) is 5.37 Å². The number of hydrogen-bond acceptors (Lipinski definition) is 3. The molecule has 1 amide bonds. The standard InChI is InChI=1S/C15H12BrFN2OS/c16-11-3-1-10(2-4-11)15-19(7-8-21-15)14(20)12-5-6-18-9-13(12)17/h1-6,9,15H,7-8H2. The first-order valence-corrected chi connectivity index (χ1v) is 8.28. The van der Waals surface area contributed by atoms with Crippen molar-refractivity contribution in [3.8, 4) is 0 Å². The van der Waals surface area contributed by atoms with Crippen LogP contribution in [0, 0.1) is 5.82 Å². The zero-order chi connectivity index (χ0) is 14.8. The van der Waals surface area contributed by atoms with Crippen LogP contribution >= 0.6 is 27.7 Å². The summed E-state index contributed by atoms with van der Waals surface area (Å²) in [5.41, 5.74) is 1.12. The van der Waals surface area contributed by atoms with Crippen LogP contribution in [0.25, 0.3) is 0 Å². The van der Waals surface area contributed by atoms with Crippen molar-refractivity contribution in [3.63, 3.8) is 0 Å². The molecule has 108 valence electrons. The molecule has 3 rings (SSSR count). The van der Waals surface area contributed by atoms with E-state index in [1.54, 1.807) is 16.7 Å². The summed E-state index contributed by atoms with van der Waals surface area (Å²) in [6.07, 6.45) is 2.51. The maximum Gasteiger partial charge on any atom is 0.258 e. The SMILES string of the molecule is O=C(c1ccncc1F)N1CCSC1c1ccc(Br)cc1. The molecule has 6 heteroatoms. The van der Waals surface area contributed by atoms with Crippen LogP contribution in [-0.4, -0.2) is 28.1 Å². The van der Waals surface area contributed by atoms with E-state index < -0.39 is 5.82 Å². The third-order valence-electron chi connectivity index (χ3n) is 3.31. The fourth-order valence-electron chi connectivity index (χ4n) is 2.28. The van der Waals surface area contributed by atoms with E-state index in [1.807, 2.05) is 24.3 Å². The van der Waals surface area contributed by atoms with E-state index >= 15 is 0 Å². The molecule has 2 aromatic rings. The minimum Gasteiger partial charge on any atom is -0.322 e. The van der Waals surface area contributed by atoms with Gasteiger partial charge in [-0.3, -0.25) is 9.78 Å². The third-order valence-corrected chi connectivity index (χ3v) is 5.10. The van der Waals surface area contributed by atoms with Gasteiger partial charge in [-0.15, -0.1) is 11.8 Å². The lowest BCUT2D eigenvalue weighted by Gasteiger charge is -2.24. The first-order chi connectivity index (χ1) is 10.2. The van der Waals surface area contributed by atoms with Gasteiger partial charge in [0.2, 0.25) is 0 Å². The highest BCUT2D eigenvalue weighted by Gasteiger charge is 2.32. The van der Waals surface area contributed by atoms with Crippen LogP contribution < -0.4 is 0 Å². The Balaban J connectivity index is 1.89. The van der Waals surface area contributed by atoms with Gasteiger partial charge < -0.3 is 4.90 Å². The number of pyridine rings is 1. The molecule has 0 saturated carbocycles. The number of carbonyl (C=O) groups excluding carboxylic acids is 1. The fourth-order valence-corrected chi connectivity index (χ4v) is 3.81. The average molecular weight is 367 g/mol. The Hall–Kier alpha value is -1.40. The quantitative estimate of drug-likeness (QED) is 0.808. The van der Waals surface area contributed by atoms with Crippen molar-refractivity contribution < 1.29 is 9.18 Å². The number of halogens is 2. The second kappa shape index (κ2) is 6.15. The molecule has 2 heterocycles. The molecule has 0 N–H and O–H groups in total. The summed E-state index contributed by atoms with van der Waals surface area (Å²) in [4.78, 5) is 18.0. The normalized spacial score (nSPS) is 18.0. The summed E-state index contributed by atoms with van der Waals surface area (Å²) in [6, 6.07) is 9.29. The summed E-state index contributed by atoms with van der Waals surface area (Å²) in [5.74, 6) is -0.0131. The minimum absolute atomic E-state index is 0.0711. The predicted octanol–water partition coefficient (Wildman–Crippen LogP) is 3.87. The van der Waals surface area contributed by atoms with Crippen molar-refractivity contribution >= 4 is 33.6 Å². The number of benzene rings is 1. The Labute approximate surface area is 134 Å². The molecule has 0 aliphatic carbocycles. The zero-order valence-corrected chi connectivity index (χ0v) is 13.4. The maximum absolute atomic E-state index is 13.8. The van der Waals surface area contributed by atoms with E-state index in [9.17, 15) is 9.18 Å². The molecular formula is C15H12BrFN2OS. The molecule has 1 saturated heterocycles. The van der Waals surface area contributed by atoms with Gasteiger partial charge in [-0.2, -0.15) is 0 Å². The van der Waals surface area contributed by atoms with Crippen LogP contribution in [0.5, 0.6) is 0 Å². The smallest absolute Gasteiger partial charge is 0.258 e. The molecule has 1 aliphatic heterocycles. The predicted molar refractivity (Wildman–Crippen MR) is 84.6 cm³/mol. The molecule has 1 aliphatic rings. The first-order valence-electron chi connectivity index (χ1n) is 6.44.